The molecule has 1 saturated carbocycles. The van der Waals surface area contributed by atoms with Crippen molar-refractivity contribution >= 4 is 0 Å². The predicted octanol–water partition coefficient (Wildman–Crippen LogP) is 3.49. The Balaban J connectivity index is 1.70. The Labute approximate surface area is 110 Å². The van der Waals surface area contributed by atoms with E-state index in [-0.39, 0.29) is 0 Å². The van der Waals surface area contributed by atoms with Gasteiger partial charge in [-0.15, -0.1) is 0 Å². The van der Waals surface area contributed by atoms with Crippen molar-refractivity contribution in [2.45, 2.75) is 51.5 Å². The van der Waals surface area contributed by atoms with Crippen molar-refractivity contribution in [3.63, 3.8) is 0 Å². The second-order valence-electron chi connectivity index (χ2n) is 5.46. The molecule has 1 fully saturated rings. The van der Waals surface area contributed by atoms with Crippen LogP contribution in [0.25, 0.3) is 0 Å². The Morgan fingerprint density at radius 2 is 2.00 bits per heavy atom. The molecule has 18 heavy (non-hydrogen) atoms. The van der Waals surface area contributed by atoms with Crippen molar-refractivity contribution in [2.75, 3.05) is 6.54 Å². The summed E-state index contributed by atoms with van der Waals surface area (Å²) in [6.45, 7) is 3.38. The van der Waals surface area contributed by atoms with E-state index in [4.69, 9.17) is 0 Å². The van der Waals surface area contributed by atoms with Gasteiger partial charge in [0.15, 0.2) is 0 Å². The van der Waals surface area contributed by atoms with E-state index >= 15 is 0 Å². The maximum atomic E-state index is 9.24. The summed E-state index contributed by atoms with van der Waals surface area (Å²) in [5.74, 6) is 1.30. The molecule has 2 nitrogen and oxygen atoms in total. The number of benzene rings is 1. The van der Waals surface area contributed by atoms with Crippen LogP contribution in [0.15, 0.2) is 24.3 Å². The van der Waals surface area contributed by atoms with Crippen LogP contribution in [0, 0.1) is 5.92 Å². The summed E-state index contributed by atoms with van der Waals surface area (Å²) in [4.78, 5) is 0. The first-order valence-electron chi connectivity index (χ1n) is 7.31. The third kappa shape index (κ3) is 4.34. The molecule has 1 atom stereocenters. The molecular weight excluding hydrogens is 222 g/mol. The number of aromatic hydroxyl groups is 1. The average molecular weight is 247 g/mol. The second-order valence-corrected chi connectivity index (χ2v) is 5.46. The number of rotatable bonds is 8. The number of phenolic OH excluding ortho intramolecular Hbond substituents is 1. The Morgan fingerprint density at radius 1 is 1.28 bits per heavy atom. The van der Waals surface area contributed by atoms with Gasteiger partial charge in [0.05, 0.1) is 0 Å². The van der Waals surface area contributed by atoms with E-state index in [1.165, 1.54) is 37.7 Å². The summed E-state index contributed by atoms with van der Waals surface area (Å²) in [5.41, 5.74) is 1.33. The highest BCUT2D eigenvalue weighted by Crippen LogP contribution is 2.34. The van der Waals surface area contributed by atoms with Gasteiger partial charge in [0.2, 0.25) is 0 Å². The molecule has 1 aliphatic rings. The molecule has 1 aliphatic carbocycles. The van der Waals surface area contributed by atoms with Gasteiger partial charge in [-0.2, -0.15) is 0 Å². The average Bonchev–Trinajstić information content (AvgIpc) is 3.20. The van der Waals surface area contributed by atoms with Gasteiger partial charge < -0.3 is 10.4 Å². The van der Waals surface area contributed by atoms with Crippen LogP contribution in [0.2, 0.25) is 0 Å². The third-order valence-electron chi connectivity index (χ3n) is 3.76. The lowest BCUT2D eigenvalue weighted by Gasteiger charge is -2.17. The van der Waals surface area contributed by atoms with Gasteiger partial charge in [-0.05, 0) is 68.7 Å². The Hall–Kier alpha value is -1.02. The molecule has 0 saturated heterocycles. The van der Waals surface area contributed by atoms with Gasteiger partial charge in [0.25, 0.3) is 0 Å². The molecule has 0 bridgehead atoms. The zero-order valence-electron chi connectivity index (χ0n) is 11.4. The van der Waals surface area contributed by atoms with Crippen LogP contribution in [0.4, 0.5) is 0 Å². The summed E-state index contributed by atoms with van der Waals surface area (Å²) < 4.78 is 0. The summed E-state index contributed by atoms with van der Waals surface area (Å²) in [5, 5.41) is 12.9. The van der Waals surface area contributed by atoms with Crippen molar-refractivity contribution < 1.29 is 5.11 Å². The van der Waals surface area contributed by atoms with Gasteiger partial charge in [-0.1, -0.05) is 19.1 Å². The van der Waals surface area contributed by atoms with Crippen LogP contribution >= 0.6 is 0 Å². The molecule has 0 spiro atoms. The summed E-state index contributed by atoms with van der Waals surface area (Å²) in [7, 11) is 0. The highest BCUT2D eigenvalue weighted by Gasteiger charge is 2.29. The smallest absolute Gasteiger partial charge is 0.115 e. The van der Waals surface area contributed by atoms with E-state index in [2.05, 4.69) is 12.2 Å². The van der Waals surface area contributed by atoms with Gasteiger partial charge >= 0.3 is 0 Å². The van der Waals surface area contributed by atoms with Crippen LogP contribution in [0.1, 0.15) is 44.6 Å². The van der Waals surface area contributed by atoms with Crippen LogP contribution in [-0.2, 0) is 6.42 Å². The number of phenols is 1. The maximum absolute atomic E-state index is 9.24. The van der Waals surface area contributed by atoms with Crippen LogP contribution < -0.4 is 5.32 Å². The fourth-order valence-corrected chi connectivity index (χ4v) is 2.52. The van der Waals surface area contributed by atoms with Crippen molar-refractivity contribution in [1.82, 2.24) is 5.32 Å². The molecule has 1 unspecified atom stereocenters. The maximum Gasteiger partial charge on any atom is 0.115 e. The van der Waals surface area contributed by atoms with Crippen molar-refractivity contribution in [3.05, 3.63) is 29.8 Å². The van der Waals surface area contributed by atoms with E-state index in [1.54, 1.807) is 12.1 Å². The Morgan fingerprint density at radius 3 is 2.61 bits per heavy atom. The predicted molar refractivity (Wildman–Crippen MR) is 75.9 cm³/mol. The minimum absolute atomic E-state index is 0.360. The summed E-state index contributed by atoms with van der Waals surface area (Å²) >= 11 is 0. The molecule has 2 rings (SSSR count). The summed E-state index contributed by atoms with van der Waals surface area (Å²) in [6.07, 6.45) is 7.70. The third-order valence-corrected chi connectivity index (χ3v) is 3.76. The van der Waals surface area contributed by atoms with Gasteiger partial charge in [-0.25, -0.2) is 0 Å². The first kappa shape index (κ1) is 13.4. The van der Waals surface area contributed by atoms with Gasteiger partial charge in [0, 0.05) is 6.04 Å². The van der Waals surface area contributed by atoms with Crippen LogP contribution in [0.3, 0.4) is 0 Å². The zero-order chi connectivity index (χ0) is 12.8. The Kier molecular flexibility index (Phi) is 5.06. The number of hydrogen-bond donors (Lipinski definition) is 2. The lowest BCUT2D eigenvalue weighted by Crippen LogP contribution is -2.31. The fourth-order valence-electron chi connectivity index (χ4n) is 2.52. The van der Waals surface area contributed by atoms with E-state index < -0.39 is 0 Å². The van der Waals surface area contributed by atoms with Crippen LogP contribution in [0.5, 0.6) is 5.75 Å². The molecule has 0 radical (unpaired) electrons. The molecule has 1 aromatic carbocycles. The lowest BCUT2D eigenvalue weighted by atomic mass is 10.0. The molecule has 0 aromatic heterocycles. The molecule has 100 valence electrons. The normalized spacial score (nSPS) is 16.7. The molecule has 1 aromatic rings. The van der Waals surface area contributed by atoms with E-state index in [1.807, 2.05) is 12.1 Å². The SMILES string of the molecule is CCCNC(CCCc1ccc(O)cc1)C1CC1. The van der Waals surface area contributed by atoms with Crippen molar-refractivity contribution in [3.8, 4) is 5.75 Å². The quantitative estimate of drug-likeness (QED) is 0.737. The fraction of sp³-hybridized carbons (Fsp3) is 0.625. The summed E-state index contributed by atoms with van der Waals surface area (Å²) in [6, 6.07) is 8.36. The standard InChI is InChI=1S/C16H25NO/c1-2-12-17-16(14-8-9-14)5-3-4-13-6-10-15(18)11-7-13/h6-7,10-11,14,16-18H,2-5,8-9,12H2,1H3. The topological polar surface area (TPSA) is 32.3 Å². The van der Waals surface area contributed by atoms with Crippen molar-refractivity contribution in [2.24, 2.45) is 5.92 Å². The molecular formula is C16H25NO. The van der Waals surface area contributed by atoms with E-state index in [9.17, 15) is 5.11 Å². The first-order chi connectivity index (χ1) is 8.79. The molecule has 2 heteroatoms. The highest BCUT2D eigenvalue weighted by atomic mass is 16.3. The van der Waals surface area contributed by atoms with Crippen molar-refractivity contribution in [1.29, 1.82) is 0 Å². The Bertz CT molecular complexity index is 343. The molecule has 0 aliphatic heterocycles. The van der Waals surface area contributed by atoms with Crippen LogP contribution in [-0.4, -0.2) is 17.7 Å². The number of aryl methyl sites for hydroxylation is 1. The number of nitrogens with one attached hydrogen (secondary N) is 1. The molecule has 0 amide bonds. The minimum atomic E-state index is 0.360. The molecule has 0 heterocycles. The van der Waals surface area contributed by atoms with E-state index in [0.717, 1.165) is 24.9 Å². The van der Waals surface area contributed by atoms with Gasteiger partial charge in [-0.3, -0.25) is 0 Å². The second kappa shape index (κ2) is 6.79. The lowest BCUT2D eigenvalue weighted by molar-refractivity contribution is 0.425. The largest absolute Gasteiger partial charge is 0.508 e. The van der Waals surface area contributed by atoms with E-state index in [0.29, 0.717) is 5.75 Å². The molecule has 2 N–H and O–H groups in total. The highest BCUT2D eigenvalue weighted by molar-refractivity contribution is 5.25. The minimum Gasteiger partial charge on any atom is -0.508 e. The zero-order valence-corrected chi connectivity index (χ0v) is 11.4. The van der Waals surface area contributed by atoms with Gasteiger partial charge in [0.1, 0.15) is 5.75 Å². The number of hydrogen-bond acceptors (Lipinski definition) is 2. The monoisotopic (exact) mass is 247 g/mol. The first-order valence-corrected chi connectivity index (χ1v) is 7.31.